The Kier molecular flexibility index (Phi) is 3.90. The summed E-state index contributed by atoms with van der Waals surface area (Å²) in [6.45, 7) is 4.58. The second-order valence-corrected chi connectivity index (χ2v) is 5.81. The van der Waals surface area contributed by atoms with Gasteiger partial charge in [-0.3, -0.25) is 14.4 Å². The Morgan fingerprint density at radius 3 is 2.40 bits per heavy atom. The van der Waals surface area contributed by atoms with Crippen molar-refractivity contribution < 1.29 is 28.0 Å². The van der Waals surface area contributed by atoms with Crippen molar-refractivity contribution in [3.05, 3.63) is 34.8 Å². The molecule has 0 saturated heterocycles. The quantitative estimate of drug-likeness (QED) is 0.626. The number of nitrogens with zero attached hydrogens (tertiary/aromatic N) is 2. The summed E-state index contributed by atoms with van der Waals surface area (Å²) >= 11 is 0. The van der Waals surface area contributed by atoms with Gasteiger partial charge in [-0.25, -0.2) is 9.29 Å². The summed E-state index contributed by atoms with van der Waals surface area (Å²) < 4.78 is 24.2. The van der Waals surface area contributed by atoms with Crippen LogP contribution in [0.4, 0.5) is 10.1 Å². The molecule has 3 rings (SSSR count). The number of carbonyl (C=O) groups excluding carboxylic acids is 3. The zero-order chi connectivity index (χ0) is 18.5. The van der Waals surface area contributed by atoms with E-state index in [4.69, 9.17) is 4.52 Å². The third-order valence-electron chi connectivity index (χ3n) is 4.38. The van der Waals surface area contributed by atoms with Gasteiger partial charge < -0.3 is 9.26 Å². The Morgan fingerprint density at radius 2 is 1.84 bits per heavy atom. The monoisotopic (exact) mass is 346 g/mol. The van der Waals surface area contributed by atoms with Crippen LogP contribution in [0.1, 0.15) is 32.4 Å². The maximum absolute atomic E-state index is 14.5. The van der Waals surface area contributed by atoms with E-state index in [1.54, 1.807) is 6.92 Å². The molecule has 7 nitrogen and oxygen atoms in total. The lowest BCUT2D eigenvalue weighted by atomic mass is 10.0. The molecule has 25 heavy (non-hydrogen) atoms. The number of esters is 1. The normalized spacial score (nSPS) is 16.1. The fourth-order valence-electron chi connectivity index (χ4n) is 2.71. The van der Waals surface area contributed by atoms with E-state index >= 15 is 0 Å². The van der Waals surface area contributed by atoms with Crippen molar-refractivity contribution in [2.45, 2.75) is 26.7 Å². The van der Waals surface area contributed by atoms with E-state index in [0.29, 0.717) is 5.39 Å². The van der Waals surface area contributed by atoms with Crippen LogP contribution in [-0.4, -0.2) is 30.1 Å². The van der Waals surface area contributed by atoms with Crippen molar-refractivity contribution in [1.82, 2.24) is 5.16 Å². The summed E-state index contributed by atoms with van der Waals surface area (Å²) in [6, 6.07) is 2.33. The maximum atomic E-state index is 14.5. The number of halogens is 1. The molecule has 2 aromatic rings. The second kappa shape index (κ2) is 5.80. The Morgan fingerprint density at radius 1 is 1.24 bits per heavy atom. The van der Waals surface area contributed by atoms with Crippen molar-refractivity contribution in [2.24, 2.45) is 0 Å². The molecule has 130 valence electrons. The number of carbonyl (C=O) groups is 3. The summed E-state index contributed by atoms with van der Waals surface area (Å²) in [5, 5.41) is 4.13. The van der Waals surface area contributed by atoms with E-state index < -0.39 is 29.5 Å². The van der Waals surface area contributed by atoms with Crippen molar-refractivity contribution in [2.75, 3.05) is 12.0 Å². The average Bonchev–Trinajstić information content (AvgIpc) is 3.08. The largest absolute Gasteiger partial charge is 0.469 e. The van der Waals surface area contributed by atoms with Crippen LogP contribution in [-0.2, 0) is 19.1 Å². The van der Waals surface area contributed by atoms with Gasteiger partial charge >= 0.3 is 5.97 Å². The van der Waals surface area contributed by atoms with Gasteiger partial charge in [-0.2, -0.15) is 0 Å². The molecule has 0 N–H and O–H groups in total. The third-order valence-corrected chi connectivity index (χ3v) is 4.38. The Balaban J connectivity index is 2.15. The average molecular weight is 346 g/mol. The summed E-state index contributed by atoms with van der Waals surface area (Å²) in [7, 11) is 1.24. The van der Waals surface area contributed by atoms with Crippen molar-refractivity contribution in [3.63, 3.8) is 0 Å². The van der Waals surface area contributed by atoms with E-state index in [-0.39, 0.29) is 28.1 Å². The standard InChI is InChI=1S/C17H15FN2O5/c1-7-8(2)16(22)20(15(7)21)12-5-10-13(6-11(12)18)25-19-14(10)9(3)17(23)24-4/h5-6,9H,1-4H3. The van der Waals surface area contributed by atoms with Crippen LogP contribution in [0.25, 0.3) is 11.0 Å². The molecule has 2 amide bonds. The molecule has 0 radical (unpaired) electrons. The number of ether oxygens (including phenoxy) is 1. The van der Waals surface area contributed by atoms with Crippen LogP contribution in [0.5, 0.6) is 0 Å². The fourth-order valence-corrected chi connectivity index (χ4v) is 2.71. The topological polar surface area (TPSA) is 89.7 Å². The molecule has 0 bridgehead atoms. The number of imide groups is 1. The molecular formula is C17H15FN2O5. The van der Waals surface area contributed by atoms with Crippen LogP contribution < -0.4 is 4.90 Å². The highest BCUT2D eigenvalue weighted by atomic mass is 19.1. The minimum Gasteiger partial charge on any atom is -0.469 e. The number of fused-ring (bicyclic) bond motifs is 1. The first-order valence-corrected chi connectivity index (χ1v) is 7.50. The molecule has 2 heterocycles. The number of anilines is 1. The van der Waals surface area contributed by atoms with E-state index in [0.717, 1.165) is 11.0 Å². The van der Waals surface area contributed by atoms with Gasteiger partial charge in [0, 0.05) is 22.6 Å². The molecule has 1 aliphatic heterocycles. The van der Waals surface area contributed by atoms with E-state index in [1.165, 1.54) is 27.0 Å². The molecule has 0 fully saturated rings. The minimum absolute atomic E-state index is 0.104. The summed E-state index contributed by atoms with van der Waals surface area (Å²) in [5.74, 6) is -3.26. The third kappa shape index (κ3) is 2.41. The minimum atomic E-state index is -0.801. The van der Waals surface area contributed by atoms with Gasteiger partial charge in [0.15, 0.2) is 11.4 Å². The molecule has 0 saturated carbocycles. The molecule has 1 aromatic carbocycles. The van der Waals surface area contributed by atoms with E-state index in [1.807, 2.05) is 0 Å². The first-order valence-electron chi connectivity index (χ1n) is 7.50. The molecule has 8 heteroatoms. The summed E-state index contributed by atoms with van der Waals surface area (Å²) in [4.78, 5) is 37.1. The van der Waals surface area contributed by atoms with Gasteiger partial charge in [0.1, 0.15) is 11.6 Å². The Hall–Kier alpha value is -3.03. The van der Waals surface area contributed by atoms with Crippen molar-refractivity contribution in [1.29, 1.82) is 0 Å². The van der Waals surface area contributed by atoms with Gasteiger partial charge in [-0.15, -0.1) is 0 Å². The Labute approximate surface area is 142 Å². The van der Waals surface area contributed by atoms with Crippen LogP contribution >= 0.6 is 0 Å². The van der Waals surface area contributed by atoms with Crippen LogP contribution in [0.2, 0.25) is 0 Å². The maximum Gasteiger partial charge on any atom is 0.314 e. The predicted octanol–water partition coefficient (Wildman–Crippen LogP) is 2.45. The number of methoxy groups -OCH3 is 1. The van der Waals surface area contributed by atoms with Gasteiger partial charge in [-0.05, 0) is 26.8 Å². The molecular weight excluding hydrogens is 331 g/mol. The summed E-state index contributed by atoms with van der Waals surface area (Å²) in [6.07, 6.45) is 0. The number of amides is 2. The van der Waals surface area contributed by atoms with Gasteiger partial charge in [0.25, 0.3) is 11.8 Å². The Bertz CT molecular complexity index is 935. The SMILES string of the molecule is COC(=O)C(C)c1noc2cc(F)c(N3C(=O)C(C)=C(C)C3=O)cc12. The predicted molar refractivity (Wildman–Crippen MR) is 85.3 cm³/mol. The van der Waals surface area contributed by atoms with Crippen LogP contribution in [0.15, 0.2) is 27.8 Å². The smallest absolute Gasteiger partial charge is 0.314 e. The lowest BCUT2D eigenvalue weighted by molar-refractivity contribution is -0.142. The number of rotatable bonds is 3. The van der Waals surface area contributed by atoms with Gasteiger partial charge in [0.05, 0.1) is 12.8 Å². The van der Waals surface area contributed by atoms with Crippen molar-refractivity contribution >= 4 is 34.4 Å². The van der Waals surface area contributed by atoms with Gasteiger partial charge in [-0.1, -0.05) is 5.16 Å². The van der Waals surface area contributed by atoms with Gasteiger partial charge in [0.2, 0.25) is 0 Å². The van der Waals surface area contributed by atoms with Crippen molar-refractivity contribution in [3.8, 4) is 0 Å². The zero-order valence-corrected chi connectivity index (χ0v) is 14.0. The number of hydrogen-bond donors (Lipinski definition) is 0. The highest BCUT2D eigenvalue weighted by Crippen LogP contribution is 2.34. The number of benzene rings is 1. The molecule has 1 aromatic heterocycles. The molecule has 1 unspecified atom stereocenters. The zero-order valence-electron chi connectivity index (χ0n) is 14.0. The summed E-state index contributed by atoms with van der Waals surface area (Å²) in [5.41, 5.74) is 0.659. The highest BCUT2D eigenvalue weighted by molar-refractivity contribution is 6.32. The molecule has 1 aliphatic rings. The molecule has 1 atom stereocenters. The van der Waals surface area contributed by atoms with Crippen LogP contribution in [0.3, 0.4) is 0 Å². The highest BCUT2D eigenvalue weighted by Gasteiger charge is 2.37. The number of hydrogen-bond acceptors (Lipinski definition) is 6. The lowest BCUT2D eigenvalue weighted by Crippen LogP contribution is -2.32. The van der Waals surface area contributed by atoms with Crippen LogP contribution in [0, 0.1) is 5.82 Å². The number of aromatic nitrogens is 1. The second-order valence-electron chi connectivity index (χ2n) is 5.81. The van der Waals surface area contributed by atoms with E-state index in [9.17, 15) is 18.8 Å². The lowest BCUT2D eigenvalue weighted by Gasteiger charge is -2.16. The molecule has 0 spiro atoms. The first-order chi connectivity index (χ1) is 11.8. The van der Waals surface area contributed by atoms with E-state index in [2.05, 4.69) is 9.89 Å². The first kappa shape index (κ1) is 16.8. The fraction of sp³-hybridized carbons (Fsp3) is 0.294. The molecule has 0 aliphatic carbocycles.